The Hall–Kier alpha value is -1.59. The first-order valence-electron chi connectivity index (χ1n) is 10.5. The Labute approximate surface area is 164 Å². The number of aliphatic imine (C=N–C) groups is 1. The average molecular weight is 374 g/mol. The van der Waals surface area contributed by atoms with Gasteiger partial charge in [0, 0.05) is 44.8 Å². The molecule has 1 aromatic rings. The zero-order valence-corrected chi connectivity index (χ0v) is 16.8. The lowest BCUT2D eigenvalue weighted by Gasteiger charge is -2.25. The highest BCUT2D eigenvalue weighted by Gasteiger charge is 2.42. The summed E-state index contributed by atoms with van der Waals surface area (Å²) in [4.78, 5) is 7.28. The molecule has 5 nitrogen and oxygen atoms in total. The number of guanidine groups is 1. The van der Waals surface area contributed by atoms with Crippen LogP contribution in [-0.2, 0) is 15.9 Å². The van der Waals surface area contributed by atoms with Crippen LogP contribution in [0.15, 0.2) is 35.3 Å². The monoisotopic (exact) mass is 373 g/mol. The van der Waals surface area contributed by atoms with Crippen molar-refractivity contribution in [3.63, 3.8) is 0 Å². The minimum atomic E-state index is 0.378. The smallest absolute Gasteiger partial charge is 0.193 e. The molecule has 0 saturated carbocycles. The van der Waals surface area contributed by atoms with Crippen LogP contribution in [0.2, 0.25) is 0 Å². The summed E-state index contributed by atoms with van der Waals surface area (Å²) < 4.78 is 11.4. The molecule has 1 unspecified atom stereocenters. The molecule has 1 atom stereocenters. The highest BCUT2D eigenvalue weighted by molar-refractivity contribution is 5.80. The number of nitrogens with zero attached hydrogens (tertiary/aromatic N) is 2. The van der Waals surface area contributed by atoms with Crippen molar-refractivity contribution in [3.05, 3.63) is 35.9 Å². The van der Waals surface area contributed by atoms with Gasteiger partial charge in [-0.25, -0.2) is 0 Å². The van der Waals surface area contributed by atoms with Crippen LogP contribution in [0.5, 0.6) is 0 Å². The first-order chi connectivity index (χ1) is 13.3. The van der Waals surface area contributed by atoms with Crippen molar-refractivity contribution in [2.45, 2.75) is 39.0 Å². The van der Waals surface area contributed by atoms with E-state index in [4.69, 9.17) is 14.5 Å². The fourth-order valence-corrected chi connectivity index (χ4v) is 3.95. The lowest BCUT2D eigenvalue weighted by molar-refractivity contribution is 0.134. The third-order valence-electron chi connectivity index (χ3n) is 5.59. The molecule has 2 aliphatic heterocycles. The van der Waals surface area contributed by atoms with E-state index < -0.39 is 0 Å². The highest BCUT2D eigenvalue weighted by Crippen LogP contribution is 2.38. The Balaban J connectivity index is 1.31. The number of unbranched alkanes of at least 4 members (excludes halogenated alkanes) is 1. The molecule has 1 N–H and O–H groups in total. The maximum atomic E-state index is 5.77. The van der Waals surface area contributed by atoms with Gasteiger partial charge in [0.05, 0.1) is 13.2 Å². The Morgan fingerprint density at radius 2 is 2.11 bits per heavy atom. The summed E-state index contributed by atoms with van der Waals surface area (Å²) in [5.74, 6) is 1.08. The minimum absolute atomic E-state index is 0.378. The van der Waals surface area contributed by atoms with Crippen molar-refractivity contribution >= 4 is 5.96 Å². The number of nitrogens with one attached hydrogen (secondary N) is 1. The van der Waals surface area contributed by atoms with Gasteiger partial charge in [-0.1, -0.05) is 30.3 Å². The van der Waals surface area contributed by atoms with Crippen molar-refractivity contribution in [3.8, 4) is 0 Å². The molecule has 150 valence electrons. The molecule has 0 aliphatic carbocycles. The summed E-state index contributed by atoms with van der Waals surface area (Å²) in [6.07, 6.45) is 5.55. The van der Waals surface area contributed by atoms with Gasteiger partial charge in [0.15, 0.2) is 5.96 Å². The van der Waals surface area contributed by atoms with E-state index in [1.54, 1.807) is 0 Å². The molecular weight excluding hydrogens is 338 g/mol. The van der Waals surface area contributed by atoms with Crippen LogP contribution < -0.4 is 5.32 Å². The number of likely N-dealkylation sites (tertiary alicyclic amines) is 1. The molecule has 0 aromatic heterocycles. The van der Waals surface area contributed by atoms with Gasteiger partial charge in [0.25, 0.3) is 0 Å². The molecule has 1 spiro atoms. The molecule has 2 heterocycles. The molecule has 5 heteroatoms. The quantitative estimate of drug-likeness (QED) is 0.410. The predicted molar refractivity (Wildman–Crippen MR) is 110 cm³/mol. The van der Waals surface area contributed by atoms with Crippen LogP contribution in [0.4, 0.5) is 0 Å². The molecule has 2 aliphatic rings. The van der Waals surface area contributed by atoms with Gasteiger partial charge in [0.1, 0.15) is 0 Å². The van der Waals surface area contributed by atoms with E-state index in [1.165, 1.54) is 18.4 Å². The second-order valence-corrected chi connectivity index (χ2v) is 7.76. The number of hydrogen-bond acceptors (Lipinski definition) is 3. The summed E-state index contributed by atoms with van der Waals surface area (Å²) >= 11 is 0. The van der Waals surface area contributed by atoms with Gasteiger partial charge in [0.2, 0.25) is 0 Å². The van der Waals surface area contributed by atoms with E-state index in [0.717, 1.165) is 77.8 Å². The van der Waals surface area contributed by atoms with Gasteiger partial charge in [-0.15, -0.1) is 0 Å². The van der Waals surface area contributed by atoms with Crippen molar-refractivity contribution in [1.82, 2.24) is 10.2 Å². The third-order valence-corrected chi connectivity index (χ3v) is 5.59. The van der Waals surface area contributed by atoms with Crippen molar-refractivity contribution in [2.24, 2.45) is 10.4 Å². The van der Waals surface area contributed by atoms with Gasteiger partial charge >= 0.3 is 0 Å². The largest absolute Gasteiger partial charge is 0.381 e. The second-order valence-electron chi connectivity index (χ2n) is 7.76. The summed E-state index contributed by atoms with van der Waals surface area (Å²) in [7, 11) is 0. The highest BCUT2D eigenvalue weighted by atomic mass is 16.5. The number of ether oxygens (including phenoxy) is 2. The lowest BCUT2D eigenvalue weighted by atomic mass is 9.87. The number of benzene rings is 1. The molecule has 3 rings (SSSR count). The molecule has 0 amide bonds. The Bertz CT molecular complexity index is 570. The van der Waals surface area contributed by atoms with E-state index in [2.05, 4.69) is 47.5 Å². The normalized spacial score (nSPS) is 22.7. The van der Waals surface area contributed by atoms with Gasteiger partial charge < -0.3 is 19.7 Å². The Morgan fingerprint density at radius 3 is 2.89 bits per heavy atom. The summed E-state index contributed by atoms with van der Waals surface area (Å²) in [6.45, 7) is 9.57. The predicted octanol–water partition coefficient (Wildman–Crippen LogP) is 3.10. The maximum absolute atomic E-state index is 5.77. The zero-order chi connectivity index (χ0) is 18.8. The average Bonchev–Trinajstić information content (AvgIpc) is 3.34. The third kappa shape index (κ3) is 6.22. The second kappa shape index (κ2) is 10.7. The fourth-order valence-electron chi connectivity index (χ4n) is 3.95. The standard InChI is InChI=1S/C22H35N3O2/c1-2-23-21(25-14-11-22(18-25)12-17-27-19-22)24-13-6-7-15-26-16-10-20-8-4-3-5-9-20/h3-5,8-9H,2,6-7,10-19H2,1H3,(H,23,24). The Morgan fingerprint density at radius 1 is 1.22 bits per heavy atom. The van der Waals surface area contributed by atoms with Crippen molar-refractivity contribution in [1.29, 1.82) is 0 Å². The molecule has 1 aromatic carbocycles. The molecule has 0 bridgehead atoms. The van der Waals surface area contributed by atoms with E-state index in [1.807, 2.05) is 0 Å². The summed E-state index contributed by atoms with van der Waals surface area (Å²) in [6, 6.07) is 10.5. The SMILES string of the molecule is CCNC(=NCCCCOCCc1ccccc1)N1CCC2(CCOC2)C1. The first-order valence-corrected chi connectivity index (χ1v) is 10.5. The topological polar surface area (TPSA) is 46.1 Å². The Kier molecular flexibility index (Phi) is 7.96. The molecule has 2 saturated heterocycles. The van der Waals surface area contributed by atoms with Gasteiger partial charge in [-0.05, 0) is 44.6 Å². The van der Waals surface area contributed by atoms with Crippen LogP contribution in [-0.4, -0.2) is 63.5 Å². The molecular formula is C22H35N3O2. The molecule has 0 radical (unpaired) electrons. The number of hydrogen-bond donors (Lipinski definition) is 1. The van der Waals surface area contributed by atoms with Crippen LogP contribution >= 0.6 is 0 Å². The van der Waals surface area contributed by atoms with Crippen LogP contribution in [0.25, 0.3) is 0 Å². The fraction of sp³-hybridized carbons (Fsp3) is 0.682. The van der Waals surface area contributed by atoms with Gasteiger partial charge in [-0.2, -0.15) is 0 Å². The first kappa shape index (κ1) is 20.2. The van der Waals surface area contributed by atoms with Crippen LogP contribution in [0, 0.1) is 5.41 Å². The maximum Gasteiger partial charge on any atom is 0.193 e. The van der Waals surface area contributed by atoms with E-state index in [-0.39, 0.29) is 0 Å². The van der Waals surface area contributed by atoms with E-state index in [0.29, 0.717) is 5.41 Å². The lowest BCUT2D eigenvalue weighted by Crippen LogP contribution is -2.41. The molecule has 27 heavy (non-hydrogen) atoms. The summed E-state index contributed by atoms with van der Waals surface area (Å²) in [5, 5.41) is 3.46. The van der Waals surface area contributed by atoms with Crippen molar-refractivity contribution in [2.75, 3.05) is 52.6 Å². The van der Waals surface area contributed by atoms with E-state index >= 15 is 0 Å². The zero-order valence-electron chi connectivity index (χ0n) is 16.8. The molecule has 2 fully saturated rings. The van der Waals surface area contributed by atoms with E-state index in [9.17, 15) is 0 Å². The minimum Gasteiger partial charge on any atom is -0.381 e. The summed E-state index contributed by atoms with van der Waals surface area (Å²) in [5.41, 5.74) is 1.72. The van der Waals surface area contributed by atoms with Crippen molar-refractivity contribution < 1.29 is 9.47 Å². The van der Waals surface area contributed by atoms with Gasteiger partial charge in [-0.3, -0.25) is 4.99 Å². The van der Waals surface area contributed by atoms with Crippen LogP contribution in [0.3, 0.4) is 0 Å². The number of rotatable bonds is 9. The van der Waals surface area contributed by atoms with Crippen LogP contribution in [0.1, 0.15) is 38.2 Å².